The zero-order chi connectivity index (χ0) is 13.8. The molecule has 106 valence electrons. The number of benzene rings is 1. The van der Waals surface area contributed by atoms with E-state index in [2.05, 4.69) is 25.7 Å². The molecule has 0 bridgehead atoms. The van der Waals surface area contributed by atoms with E-state index in [0.29, 0.717) is 6.04 Å². The Balaban J connectivity index is 1.77. The van der Waals surface area contributed by atoms with E-state index < -0.39 is 0 Å². The molecule has 20 heavy (non-hydrogen) atoms. The zero-order valence-electron chi connectivity index (χ0n) is 11.7. The highest BCUT2D eigenvalue weighted by molar-refractivity contribution is 5.30. The van der Waals surface area contributed by atoms with Gasteiger partial charge >= 0.3 is 0 Å². The van der Waals surface area contributed by atoms with Crippen molar-refractivity contribution in [2.75, 3.05) is 20.1 Å². The number of nitrogens with zero attached hydrogens (tertiary/aromatic N) is 5. The molecular weight excluding hydrogens is 252 g/mol. The Morgan fingerprint density at radius 3 is 2.95 bits per heavy atom. The Morgan fingerprint density at radius 2 is 2.15 bits per heavy atom. The maximum absolute atomic E-state index is 4.19. The summed E-state index contributed by atoms with van der Waals surface area (Å²) in [6.45, 7) is 2.94. The van der Waals surface area contributed by atoms with Crippen molar-refractivity contribution in [2.45, 2.75) is 25.4 Å². The fourth-order valence-corrected chi connectivity index (χ4v) is 2.83. The molecule has 2 aromatic rings. The smallest absolute Gasteiger partial charge is 0.170 e. The number of hydrogen-bond acceptors (Lipinski definition) is 5. The summed E-state index contributed by atoms with van der Waals surface area (Å²) >= 11 is 0. The third-order valence-corrected chi connectivity index (χ3v) is 3.82. The standard InChI is InChI=1S/C14H20N6/c1-15-10-13-8-5-9-19(13)11-14-16-17-18-20(14)12-6-3-2-4-7-12/h2-4,6-7,13,15H,5,8-11H2,1H3. The van der Waals surface area contributed by atoms with Gasteiger partial charge in [-0.05, 0) is 49.0 Å². The molecule has 1 atom stereocenters. The van der Waals surface area contributed by atoms with Crippen LogP contribution >= 0.6 is 0 Å². The third-order valence-electron chi connectivity index (χ3n) is 3.82. The maximum atomic E-state index is 4.19. The average molecular weight is 272 g/mol. The van der Waals surface area contributed by atoms with Crippen molar-refractivity contribution in [1.29, 1.82) is 0 Å². The lowest BCUT2D eigenvalue weighted by Gasteiger charge is -2.23. The molecule has 2 heterocycles. The highest BCUT2D eigenvalue weighted by atomic mass is 15.5. The summed E-state index contributed by atoms with van der Waals surface area (Å²) in [5.74, 6) is 0.902. The van der Waals surface area contributed by atoms with Crippen LogP contribution in [-0.4, -0.2) is 51.3 Å². The van der Waals surface area contributed by atoms with Gasteiger partial charge in [0.1, 0.15) is 0 Å². The summed E-state index contributed by atoms with van der Waals surface area (Å²) in [6.07, 6.45) is 2.49. The molecule has 0 saturated carbocycles. The fourth-order valence-electron chi connectivity index (χ4n) is 2.83. The molecular formula is C14H20N6. The van der Waals surface area contributed by atoms with Gasteiger partial charge in [-0.3, -0.25) is 4.90 Å². The minimum absolute atomic E-state index is 0.584. The number of rotatable bonds is 5. The van der Waals surface area contributed by atoms with Crippen LogP contribution in [-0.2, 0) is 6.54 Å². The second kappa shape index (κ2) is 6.11. The summed E-state index contributed by atoms with van der Waals surface area (Å²) < 4.78 is 1.83. The van der Waals surface area contributed by atoms with Gasteiger partial charge in [-0.1, -0.05) is 18.2 Å². The van der Waals surface area contributed by atoms with Crippen LogP contribution in [0.1, 0.15) is 18.7 Å². The SMILES string of the molecule is CNCC1CCCN1Cc1nnnn1-c1ccccc1. The van der Waals surface area contributed by atoms with Gasteiger partial charge in [0.2, 0.25) is 0 Å². The summed E-state index contributed by atoms with van der Waals surface area (Å²) in [7, 11) is 2.00. The Morgan fingerprint density at radius 1 is 1.30 bits per heavy atom. The molecule has 1 fully saturated rings. The lowest BCUT2D eigenvalue weighted by molar-refractivity contribution is 0.234. The minimum atomic E-state index is 0.584. The Bertz CT molecular complexity index is 538. The third kappa shape index (κ3) is 2.71. The number of para-hydroxylation sites is 1. The van der Waals surface area contributed by atoms with E-state index in [9.17, 15) is 0 Å². The number of likely N-dealkylation sites (tertiary alicyclic amines) is 1. The number of aromatic nitrogens is 4. The largest absolute Gasteiger partial charge is 0.318 e. The first-order valence-electron chi connectivity index (χ1n) is 7.10. The predicted molar refractivity (Wildman–Crippen MR) is 76.5 cm³/mol. The normalized spacial score (nSPS) is 19.6. The van der Waals surface area contributed by atoms with E-state index in [0.717, 1.165) is 31.1 Å². The van der Waals surface area contributed by atoms with Crippen molar-refractivity contribution in [3.05, 3.63) is 36.2 Å². The van der Waals surface area contributed by atoms with E-state index in [-0.39, 0.29) is 0 Å². The lowest BCUT2D eigenvalue weighted by Crippen LogP contribution is -2.36. The van der Waals surface area contributed by atoms with Crippen molar-refractivity contribution in [3.8, 4) is 5.69 Å². The van der Waals surface area contributed by atoms with Crippen LogP contribution in [0.3, 0.4) is 0 Å². The Hall–Kier alpha value is -1.79. The van der Waals surface area contributed by atoms with Gasteiger partial charge < -0.3 is 5.32 Å². The summed E-state index contributed by atoms with van der Waals surface area (Å²) in [5, 5.41) is 15.4. The van der Waals surface area contributed by atoms with Gasteiger partial charge in [0.25, 0.3) is 0 Å². The molecule has 3 rings (SSSR count). The topological polar surface area (TPSA) is 58.9 Å². The van der Waals surface area contributed by atoms with Gasteiger partial charge in [0.15, 0.2) is 5.82 Å². The van der Waals surface area contributed by atoms with Gasteiger partial charge in [0, 0.05) is 12.6 Å². The zero-order valence-corrected chi connectivity index (χ0v) is 11.7. The molecule has 1 N–H and O–H groups in total. The van der Waals surface area contributed by atoms with Gasteiger partial charge in [-0.15, -0.1) is 5.10 Å². The number of tetrazole rings is 1. The van der Waals surface area contributed by atoms with Crippen LogP contribution in [0.25, 0.3) is 5.69 Å². The molecule has 6 nitrogen and oxygen atoms in total. The van der Waals surface area contributed by atoms with Gasteiger partial charge in [0.05, 0.1) is 12.2 Å². The van der Waals surface area contributed by atoms with Gasteiger partial charge in [-0.25, -0.2) is 0 Å². The second-order valence-corrected chi connectivity index (χ2v) is 5.17. The average Bonchev–Trinajstić information content (AvgIpc) is 3.11. The first-order chi connectivity index (χ1) is 9.88. The first kappa shape index (κ1) is 13.2. The molecule has 0 aliphatic carbocycles. The Kier molecular flexibility index (Phi) is 4.03. The number of hydrogen-bond donors (Lipinski definition) is 1. The van der Waals surface area contributed by atoms with Crippen molar-refractivity contribution >= 4 is 0 Å². The van der Waals surface area contributed by atoms with E-state index >= 15 is 0 Å². The van der Waals surface area contributed by atoms with E-state index in [1.165, 1.54) is 12.8 Å². The lowest BCUT2D eigenvalue weighted by atomic mass is 10.2. The fraction of sp³-hybridized carbons (Fsp3) is 0.500. The molecule has 1 aliphatic heterocycles. The molecule has 0 radical (unpaired) electrons. The van der Waals surface area contributed by atoms with E-state index in [1.54, 1.807) is 0 Å². The van der Waals surface area contributed by atoms with Crippen LogP contribution in [0.5, 0.6) is 0 Å². The summed E-state index contributed by atoms with van der Waals surface area (Å²) in [5.41, 5.74) is 1.01. The molecule has 1 unspecified atom stereocenters. The van der Waals surface area contributed by atoms with Crippen molar-refractivity contribution in [3.63, 3.8) is 0 Å². The van der Waals surface area contributed by atoms with E-state index in [4.69, 9.17) is 0 Å². The number of nitrogens with one attached hydrogen (secondary N) is 1. The highest BCUT2D eigenvalue weighted by Crippen LogP contribution is 2.19. The predicted octanol–water partition coefficient (Wildman–Crippen LogP) is 0.846. The van der Waals surface area contributed by atoms with Crippen LogP contribution in [0, 0.1) is 0 Å². The summed E-state index contributed by atoms with van der Waals surface area (Å²) in [4.78, 5) is 2.46. The maximum Gasteiger partial charge on any atom is 0.170 e. The molecule has 0 spiro atoms. The number of likely N-dealkylation sites (N-methyl/N-ethyl adjacent to an activating group) is 1. The molecule has 1 saturated heterocycles. The molecule has 6 heteroatoms. The highest BCUT2D eigenvalue weighted by Gasteiger charge is 2.25. The molecule has 1 aromatic heterocycles. The minimum Gasteiger partial charge on any atom is -0.318 e. The first-order valence-corrected chi connectivity index (χ1v) is 7.10. The quantitative estimate of drug-likeness (QED) is 0.874. The molecule has 1 aromatic carbocycles. The van der Waals surface area contributed by atoms with Crippen molar-refractivity contribution < 1.29 is 0 Å². The molecule has 0 amide bonds. The Labute approximate surface area is 118 Å². The second-order valence-electron chi connectivity index (χ2n) is 5.17. The molecule has 1 aliphatic rings. The summed E-state index contributed by atoms with van der Waals surface area (Å²) in [6, 6.07) is 10.6. The van der Waals surface area contributed by atoms with Crippen LogP contribution in [0.4, 0.5) is 0 Å². The van der Waals surface area contributed by atoms with Crippen molar-refractivity contribution in [1.82, 2.24) is 30.4 Å². The van der Waals surface area contributed by atoms with Gasteiger partial charge in [-0.2, -0.15) is 4.68 Å². The van der Waals surface area contributed by atoms with E-state index in [1.807, 2.05) is 42.1 Å². The van der Waals surface area contributed by atoms with Crippen LogP contribution in [0.2, 0.25) is 0 Å². The van der Waals surface area contributed by atoms with Crippen molar-refractivity contribution in [2.24, 2.45) is 0 Å². The van der Waals surface area contributed by atoms with Crippen LogP contribution < -0.4 is 5.32 Å². The monoisotopic (exact) mass is 272 g/mol. The van der Waals surface area contributed by atoms with Crippen LogP contribution in [0.15, 0.2) is 30.3 Å².